The van der Waals surface area contributed by atoms with Gasteiger partial charge in [0.25, 0.3) is 0 Å². The number of methoxy groups -OCH3 is 1. The van der Waals surface area contributed by atoms with E-state index in [1.807, 2.05) is 0 Å². The fourth-order valence-corrected chi connectivity index (χ4v) is 5.92. The van der Waals surface area contributed by atoms with Crippen molar-refractivity contribution in [3.8, 4) is 46.0 Å². The Hall–Kier alpha value is -5.09. The Morgan fingerprint density at radius 2 is 1.56 bits per heavy atom. The van der Waals surface area contributed by atoms with Crippen LogP contribution in [0.1, 0.15) is 44.8 Å². The molecule has 0 amide bonds. The summed E-state index contributed by atoms with van der Waals surface area (Å²) in [5.74, 6) is -0.981. The minimum Gasteiger partial charge on any atom is -0.508 e. The zero-order chi connectivity index (χ0) is 28.6. The van der Waals surface area contributed by atoms with E-state index >= 15 is 0 Å². The zero-order valence-electron chi connectivity index (χ0n) is 21.6. The van der Waals surface area contributed by atoms with Crippen molar-refractivity contribution in [2.45, 2.75) is 30.3 Å². The number of Topliss-reactive ketones (excluding diaryl/α,β-unsaturated/α-hetero) is 1. The molecule has 10 nitrogen and oxygen atoms in total. The van der Waals surface area contributed by atoms with Crippen LogP contribution in [0.3, 0.4) is 0 Å². The van der Waals surface area contributed by atoms with Gasteiger partial charge in [-0.25, -0.2) is 0 Å². The topological polar surface area (TPSA) is 155 Å². The van der Waals surface area contributed by atoms with Crippen LogP contribution < -0.4 is 18.9 Å². The SMILES string of the molecule is COc1ccc([C@H]2Oc3cc4c(c(O)c3C[C@@H]2O)O[C@H](c2ccc(O)cc2)[C@]42Oc3cc(O)cc(O)c3C2=O)cc1. The lowest BCUT2D eigenvalue weighted by atomic mass is 9.80. The second-order valence-corrected chi connectivity index (χ2v) is 10.3. The number of aliphatic hydroxyl groups is 1. The number of aromatic hydroxyl groups is 4. The number of aliphatic hydroxyl groups excluding tert-OH is 1. The van der Waals surface area contributed by atoms with Crippen molar-refractivity contribution in [2.75, 3.05) is 7.11 Å². The molecule has 4 aromatic rings. The van der Waals surface area contributed by atoms with Crippen LogP contribution in [0.4, 0.5) is 0 Å². The molecule has 0 aliphatic carbocycles. The van der Waals surface area contributed by atoms with Crippen LogP contribution in [0.5, 0.6) is 46.0 Å². The van der Waals surface area contributed by atoms with E-state index in [2.05, 4.69) is 0 Å². The summed E-state index contributed by atoms with van der Waals surface area (Å²) in [6.07, 6.45) is -2.90. The number of ether oxygens (including phenoxy) is 4. The Balaban J connectivity index is 1.39. The van der Waals surface area contributed by atoms with E-state index in [1.54, 1.807) is 49.6 Å². The third kappa shape index (κ3) is 3.50. The van der Waals surface area contributed by atoms with Gasteiger partial charge in [0, 0.05) is 24.1 Å². The van der Waals surface area contributed by atoms with Crippen LogP contribution in [0.25, 0.3) is 0 Å². The summed E-state index contributed by atoms with van der Waals surface area (Å²) in [6, 6.07) is 16.8. The molecule has 0 radical (unpaired) electrons. The third-order valence-corrected chi connectivity index (χ3v) is 7.88. The Morgan fingerprint density at radius 3 is 2.27 bits per heavy atom. The first-order valence-corrected chi connectivity index (χ1v) is 12.8. The quantitative estimate of drug-likeness (QED) is 0.248. The van der Waals surface area contributed by atoms with E-state index in [0.717, 1.165) is 6.07 Å². The Kier molecular flexibility index (Phi) is 5.29. The van der Waals surface area contributed by atoms with Crippen LogP contribution in [0.2, 0.25) is 0 Å². The predicted octanol–water partition coefficient (Wildman–Crippen LogP) is 4.16. The Labute approximate surface area is 233 Å². The number of hydrogen-bond acceptors (Lipinski definition) is 10. The van der Waals surface area contributed by atoms with Crippen molar-refractivity contribution >= 4 is 5.78 Å². The smallest absolute Gasteiger partial charge is 0.241 e. The highest BCUT2D eigenvalue weighted by Crippen LogP contribution is 2.62. The van der Waals surface area contributed by atoms with Gasteiger partial charge >= 0.3 is 0 Å². The van der Waals surface area contributed by atoms with Gasteiger partial charge in [-0.05, 0) is 41.5 Å². The summed E-state index contributed by atoms with van der Waals surface area (Å²) in [5, 5.41) is 53.0. The lowest BCUT2D eigenvalue weighted by molar-refractivity contribution is 0.00632. The highest BCUT2D eigenvalue weighted by atomic mass is 16.6. The summed E-state index contributed by atoms with van der Waals surface area (Å²) in [5.41, 5.74) is -0.492. The zero-order valence-corrected chi connectivity index (χ0v) is 21.6. The first kappa shape index (κ1) is 24.9. The molecule has 7 rings (SSSR count). The molecule has 4 aromatic carbocycles. The fraction of sp³-hybridized carbons (Fsp3) is 0.194. The van der Waals surface area contributed by atoms with E-state index < -0.39 is 35.4 Å². The molecule has 41 heavy (non-hydrogen) atoms. The standard InChI is InChI=1S/C31H24O10/c1-38-18-8-4-14(5-9-18)27-22(35)12-19-23(39-27)13-20-28(26(19)36)40-30(15-2-6-16(32)7-3-15)31(20)29(37)25-21(34)10-17(33)11-24(25)41-31/h2-11,13,22,27,30,32-36H,12H2,1H3/t22-,27+,30+,31-/m0/s1. The molecule has 3 aliphatic rings. The van der Waals surface area contributed by atoms with Crippen molar-refractivity contribution < 1.29 is 49.3 Å². The number of phenols is 4. The molecule has 208 valence electrons. The number of fused-ring (bicyclic) bond motifs is 4. The van der Waals surface area contributed by atoms with E-state index in [4.69, 9.17) is 18.9 Å². The summed E-state index contributed by atoms with van der Waals surface area (Å²) in [7, 11) is 1.55. The third-order valence-electron chi connectivity index (χ3n) is 7.88. The van der Waals surface area contributed by atoms with Crippen LogP contribution in [-0.4, -0.2) is 44.5 Å². The number of hydrogen-bond donors (Lipinski definition) is 5. The van der Waals surface area contributed by atoms with E-state index in [1.165, 1.54) is 18.2 Å². The Morgan fingerprint density at radius 1 is 0.854 bits per heavy atom. The van der Waals surface area contributed by atoms with Gasteiger partial charge in [-0.1, -0.05) is 24.3 Å². The number of carbonyl (C=O) groups is 1. The van der Waals surface area contributed by atoms with Gasteiger partial charge in [-0.15, -0.1) is 0 Å². The van der Waals surface area contributed by atoms with Crippen molar-refractivity contribution in [3.63, 3.8) is 0 Å². The molecule has 4 atom stereocenters. The van der Waals surface area contributed by atoms with Gasteiger partial charge in [0.1, 0.15) is 46.2 Å². The molecular formula is C31H24O10. The highest BCUT2D eigenvalue weighted by Gasteiger charge is 2.64. The van der Waals surface area contributed by atoms with Crippen molar-refractivity contribution in [1.29, 1.82) is 0 Å². The molecule has 5 N–H and O–H groups in total. The number of ketones is 1. The molecule has 3 aliphatic heterocycles. The van der Waals surface area contributed by atoms with E-state index in [0.29, 0.717) is 22.4 Å². The molecule has 0 aromatic heterocycles. The summed E-state index contributed by atoms with van der Waals surface area (Å²) >= 11 is 0. The largest absolute Gasteiger partial charge is 0.508 e. The van der Waals surface area contributed by atoms with Crippen LogP contribution in [-0.2, 0) is 12.0 Å². The van der Waals surface area contributed by atoms with Crippen molar-refractivity contribution in [1.82, 2.24) is 0 Å². The maximum absolute atomic E-state index is 14.2. The second kappa shape index (κ2) is 8.70. The molecule has 1 spiro atoms. The normalized spacial score (nSPS) is 23.7. The highest BCUT2D eigenvalue weighted by molar-refractivity contribution is 6.11. The average molecular weight is 557 g/mol. The summed E-state index contributed by atoms with van der Waals surface area (Å²) < 4.78 is 24.0. The lowest BCUT2D eigenvalue weighted by Crippen LogP contribution is -2.41. The monoisotopic (exact) mass is 556 g/mol. The van der Waals surface area contributed by atoms with Crippen molar-refractivity contribution in [3.05, 3.63) is 94.5 Å². The van der Waals surface area contributed by atoms with Gasteiger partial charge in [0.05, 0.1) is 18.8 Å². The first-order valence-electron chi connectivity index (χ1n) is 12.8. The maximum atomic E-state index is 14.2. The number of benzene rings is 4. The number of carbonyl (C=O) groups excluding carboxylic acids is 1. The van der Waals surface area contributed by atoms with Crippen molar-refractivity contribution in [2.24, 2.45) is 0 Å². The first-order chi connectivity index (χ1) is 19.7. The fourth-order valence-electron chi connectivity index (χ4n) is 5.92. The second-order valence-electron chi connectivity index (χ2n) is 10.3. The van der Waals surface area contributed by atoms with E-state index in [-0.39, 0.29) is 52.0 Å². The minimum atomic E-state index is -1.92. The molecule has 0 bridgehead atoms. The lowest BCUT2D eigenvalue weighted by Gasteiger charge is -2.32. The van der Waals surface area contributed by atoms with Gasteiger partial charge < -0.3 is 44.5 Å². The van der Waals surface area contributed by atoms with E-state index in [9.17, 15) is 30.3 Å². The molecular weight excluding hydrogens is 532 g/mol. The van der Waals surface area contributed by atoms with Gasteiger partial charge in [-0.3, -0.25) is 4.79 Å². The molecule has 0 saturated carbocycles. The molecule has 0 fully saturated rings. The minimum absolute atomic E-state index is 0.00639. The molecule has 0 saturated heterocycles. The summed E-state index contributed by atoms with van der Waals surface area (Å²) in [6.45, 7) is 0. The van der Waals surface area contributed by atoms with Gasteiger partial charge in [0.2, 0.25) is 11.4 Å². The van der Waals surface area contributed by atoms with Crippen LogP contribution in [0.15, 0.2) is 66.7 Å². The predicted molar refractivity (Wildman–Crippen MR) is 142 cm³/mol. The average Bonchev–Trinajstić information content (AvgIpc) is 3.44. The molecule has 0 unspecified atom stereocenters. The van der Waals surface area contributed by atoms with Gasteiger partial charge in [-0.2, -0.15) is 0 Å². The molecule has 3 heterocycles. The van der Waals surface area contributed by atoms with Gasteiger partial charge in [0.15, 0.2) is 17.6 Å². The number of phenolic OH excluding ortho intramolecular Hbond substituents is 4. The van der Waals surface area contributed by atoms with Crippen LogP contribution >= 0.6 is 0 Å². The maximum Gasteiger partial charge on any atom is 0.241 e. The summed E-state index contributed by atoms with van der Waals surface area (Å²) in [4.78, 5) is 14.2. The molecule has 10 heteroatoms. The van der Waals surface area contributed by atoms with Crippen LogP contribution in [0, 0.1) is 0 Å². The number of rotatable bonds is 3. The Bertz CT molecular complexity index is 1710.